The molecule has 2 heterocycles. The number of hydrogen-bond acceptors (Lipinski definition) is 5. The monoisotopic (exact) mass is 374 g/mol. The van der Waals surface area contributed by atoms with Gasteiger partial charge in [-0.15, -0.1) is 0 Å². The van der Waals surface area contributed by atoms with Crippen molar-refractivity contribution in [3.63, 3.8) is 0 Å². The van der Waals surface area contributed by atoms with Gasteiger partial charge < -0.3 is 20.1 Å². The molecule has 26 heavy (non-hydrogen) atoms. The van der Waals surface area contributed by atoms with Crippen molar-refractivity contribution in [1.82, 2.24) is 10.6 Å². The minimum atomic E-state index is -3.27. The van der Waals surface area contributed by atoms with Crippen LogP contribution in [0.15, 0.2) is 47.4 Å². The van der Waals surface area contributed by atoms with Gasteiger partial charge in [0.05, 0.1) is 16.7 Å². The van der Waals surface area contributed by atoms with Gasteiger partial charge in [-0.1, -0.05) is 24.3 Å². The fraction of sp³-hybridized carbons (Fsp3) is 0.278. The summed E-state index contributed by atoms with van der Waals surface area (Å²) >= 11 is 0. The van der Waals surface area contributed by atoms with Gasteiger partial charge in [0.15, 0.2) is 21.3 Å². The zero-order chi connectivity index (χ0) is 18.1. The minimum Gasteiger partial charge on any atom is -0.454 e. The summed E-state index contributed by atoms with van der Waals surface area (Å²) in [6.07, 6.45) is 0.358. The Bertz CT molecular complexity index is 958. The Morgan fingerprint density at radius 2 is 1.92 bits per heavy atom. The maximum atomic E-state index is 12.3. The van der Waals surface area contributed by atoms with E-state index in [1.165, 1.54) is 0 Å². The Hall–Kier alpha value is -2.74. The Morgan fingerprint density at radius 1 is 1.12 bits per heavy atom. The van der Waals surface area contributed by atoms with Gasteiger partial charge >= 0.3 is 6.03 Å². The van der Waals surface area contributed by atoms with E-state index < -0.39 is 9.84 Å². The molecule has 7 nitrogen and oxygen atoms in total. The lowest BCUT2D eigenvalue weighted by Crippen LogP contribution is -2.40. The van der Waals surface area contributed by atoms with Gasteiger partial charge in [-0.05, 0) is 35.7 Å². The Labute approximate surface area is 151 Å². The molecule has 136 valence electrons. The highest BCUT2D eigenvalue weighted by Gasteiger charge is 2.30. The van der Waals surface area contributed by atoms with Crippen LogP contribution in [0.4, 0.5) is 4.79 Å². The van der Waals surface area contributed by atoms with E-state index in [-0.39, 0.29) is 24.6 Å². The third-order valence-electron chi connectivity index (χ3n) is 4.50. The van der Waals surface area contributed by atoms with Gasteiger partial charge in [-0.3, -0.25) is 0 Å². The van der Waals surface area contributed by atoms with E-state index in [9.17, 15) is 13.2 Å². The fourth-order valence-corrected chi connectivity index (χ4v) is 4.80. The summed E-state index contributed by atoms with van der Waals surface area (Å²) in [6, 6.07) is 11.6. The van der Waals surface area contributed by atoms with Crippen LogP contribution < -0.4 is 20.1 Å². The van der Waals surface area contributed by atoms with Crippen molar-refractivity contribution >= 4 is 15.9 Å². The highest BCUT2D eigenvalue weighted by molar-refractivity contribution is 7.91. The largest absolute Gasteiger partial charge is 0.454 e. The zero-order valence-electron chi connectivity index (χ0n) is 13.9. The number of ether oxygens (including phenoxy) is 2. The molecule has 1 atom stereocenters. The standard InChI is InChI=1S/C18H18N2O5S/c21-18(19-10-12-5-6-15-16(9-12)25-11-24-15)20-14-7-8-26(22,23)17-4-2-1-3-13(14)17/h1-6,9,14H,7-8,10-11H2,(H2,19,20,21)/t14-/m1/s1. The SMILES string of the molecule is O=C(NCc1ccc2c(c1)OCO2)N[C@@H]1CCS(=O)(=O)c2ccccc21. The van der Waals surface area contributed by atoms with E-state index in [0.717, 1.165) is 5.56 Å². The molecule has 2 amide bonds. The highest BCUT2D eigenvalue weighted by Crippen LogP contribution is 2.33. The number of carbonyl (C=O) groups is 1. The van der Waals surface area contributed by atoms with Crippen molar-refractivity contribution in [2.75, 3.05) is 12.5 Å². The first-order valence-electron chi connectivity index (χ1n) is 8.27. The molecule has 0 aromatic heterocycles. The quantitative estimate of drug-likeness (QED) is 0.858. The van der Waals surface area contributed by atoms with Crippen LogP contribution >= 0.6 is 0 Å². The number of urea groups is 1. The lowest BCUT2D eigenvalue weighted by molar-refractivity contribution is 0.174. The van der Waals surface area contributed by atoms with Crippen LogP contribution in [0, 0.1) is 0 Å². The van der Waals surface area contributed by atoms with Gasteiger partial charge in [0.2, 0.25) is 6.79 Å². The molecule has 0 fully saturated rings. The van der Waals surface area contributed by atoms with Crippen molar-refractivity contribution < 1.29 is 22.7 Å². The van der Waals surface area contributed by atoms with Crippen LogP contribution in [0.1, 0.15) is 23.6 Å². The maximum Gasteiger partial charge on any atom is 0.315 e. The zero-order valence-corrected chi connectivity index (χ0v) is 14.7. The summed E-state index contributed by atoms with van der Waals surface area (Å²) in [6.45, 7) is 0.534. The predicted molar refractivity (Wildman–Crippen MR) is 93.8 cm³/mol. The summed E-state index contributed by atoms with van der Waals surface area (Å²) in [5.74, 6) is 1.38. The first kappa shape index (κ1) is 16.7. The second-order valence-electron chi connectivity index (χ2n) is 6.21. The molecule has 2 N–H and O–H groups in total. The molecule has 0 bridgehead atoms. The molecule has 0 radical (unpaired) electrons. The number of benzene rings is 2. The van der Waals surface area contributed by atoms with Crippen LogP contribution in [0.3, 0.4) is 0 Å². The van der Waals surface area contributed by atoms with E-state index >= 15 is 0 Å². The second-order valence-corrected chi connectivity index (χ2v) is 8.29. The summed E-state index contributed by atoms with van der Waals surface area (Å²) in [5.41, 5.74) is 1.52. The lowest BCUT2D eigenvalue weighted by Gasteiger charge is -2.26. The van der Waals surface area contributed by atoms with Gasteiger partial charge in [0, 0.05) is 6.54 Å². The minimum absolute atomic E-state index is 0.0249. The first-order chi connectivity index (χ1) is 12.5. The van der Waals surface area contributed by atoms with E-state index in [0.29, 0.717) is 34.9 Å². The van der Waals surface area contributed by atoms with Crippen LogP contribution in [-0.2, 0) is 16.4 Å². The number of carbonyl (C=O) groups excluding carboxylic acids is 1. The summed E-state index contributed by atoms with van der Waals surface area (Å²) in [4.78, 5) is 12.6. The highest BCUT2D eigenvalue weighted by atomic mass is 32.2. The molecular formula is C18H18N2O5S. The molecule has 8 heteroatoms. The molecule has 2 aromatic carbocycles. The molecule has 0 unspecified atom stereocenters. The smallest absolute Gasteiger partial charge is 0.315 e. The normalized spacial score (nSPS) is 19.5. The topological polar surface area (TPSA) is 93.7 Å². The van der Waals surface area contributed by atoms with Crippen molar-refractivity contribution in [3.05, 3.63) is 53.6 Å². The van der Waals surface area contributed by atoms with E-state index in [1.807, 2.05) is 12.1 Å². The van der Waals surface area contributed by atoms with Crippen LogP contribution in [0.2, 0.25) is 0 Å². The van der Waals surface area contributed by atoms with Crippen molar-refractivity contribution in [3.8, 4) is 11.5 Å². The van der Waals surface area contributed by atoms with Crippen LogP contribution in [0.5, 0.6) is 11.5 Å². The summed E-state index contributed by atoms with van der Waals surface area (Å²) < 4.78 is 34.9. The van der Waals surface area contributed by atoms with Gasteiger partial charge in [0.25, 0.3) is 0 Å². The lowest BCUT2D eigenvalue weighted by atomic mass is 10.0. The molecule has 0 spiro atoms. The number of rotatable bonds is 3. The molecule has 4 rings (SSSR count). The third kappa shape index (κ3) is 3.20. The summed E-state index contributed by atoms with van der Waals surface area (Å²) in [5, 5.41) is 5.66. The third-order valence-corrected chi connectivity index (χ3v) is 6.32. The maximum absolute atomic E-state index is 12.3. The molecule has 0 saturated carbocycles. The number of amides is 2. The molecule has 0 aliphatic carbocycles. The van der Waals surface area contributed by atoms with E-state index in [1.54, 1.807) is 30.3 Å². The second kappa shape index (κ2) is 6.53. The van der Waals surface area contributed by atoms with Crippen molar-refractivity contribution in [2.45, 2.75) is 23.9 Å². The average molecular weight is 374 g/mol. The molecular weight excluding hydrogens is 356 g/mol. The van der Waals surface area contributed by atoms with Crippen molar-refractivity contribution in [2.24, 2.45) is 0 Å². The Balaban J connectivity index is 1.41. The molecule has 2 aliphatic rings. The number of nitrogens with one attached hydrogen (secondary N) is 2. The molecule has 2 aliphatic heterocycles. The molecule has 0 saturated heterocycles. The number of sulfone groups is 1. The van der Waals surface area contributed by atoms with E-state index in [2.05, 4.69) is 10.6 Å². The number of fused-ring (bicyclic) bond motifs is 2. The van der Waals surface area contributed by atoms with Crippen molar-refractivity contribution in [1.29, 1.82) is 0 Å². The number of hydrogen-bond donors (Lipinski definition) is 2. The average Bonchev–Trinajstić information content (AvgIpc) is 3.10. The van der Waals surface area contributed by atoms with Crippen LogP contribution in [0.25, 0.3) is 0 Å². The Morgan fingerprint density at radius 3 is 2.81 bits per heavy atom. The first-order valence-corrected chi connectivity index (χ1v) is 9.93. The van der Waals surface area contributed by atoms with Gasteiger partial charge in [-0.25, -0.2) is 13.2 Å². The fourth-order valence-electron chi connectivity index (χ4n) is 3.18. The van der Waals surface area contributed by atoms with E-state index in [4.69, 9.17) is 9.47 Å². The van der Waals surface area contributed by atoms with Crippen LogP contribution in [-0.4, -0.2) is 27.0 Å². The summed E-state index contributed by atoms with van der Waals surface area (Å²) in [7, 11) is -3.27. The molecule has 2 aromatic rings. The predicted octanol–water partition coefficient (Wildman–Crippen LogP) is 2.13. The Kier molecular flexibility index (Phi) is 4.20. The van der Waals surface area contributed by atoms with Gasteiger partial charge in [-0.2, -0.15) is 0 Å². The van der Waals surface area contributed by atoms with Gasteiger partial charge in [0.1, 0.15) is 0 Å².